The van der Waals surface area contributed by atoms with Gasteiger partial charge in [0, 0.05) is 23.1 Å². The maximum Gasteiger partial charge on any atom is 0.296 e. The van der Waals surface area contributed by atoms with E-state index in [0.717, 1.165) is 12.1 Å². The van der Waals surface area contributed by atoms with E-state index in [1.165, 1.54) is 48.0 Å². The van der Waals surface area contributed by atoms with Gasteiger partial charge in [-0.2, -0.15) is 30.5 Å². The van der Waals surface area contributed by atoms with Crippen molar-refractivity contribution >= 4 is 137 Å². The van der Waals surface area contributed by atoms with Crippen molar-refractivity contribution in [2.24, 2.45) is 30.7 Å². The van der Waals surface area contributed by atoms with Gasteiger partial charge in [0.15, 0.2) is 17.1 Å². The van der Waals surface area contributed by atoms with Gasteiger partial charge >= 0.3 is 0 Å². The second kappa shape index (κ2) is 24.0. The summed E-state index contributed by atoms with van der Waals surface area (Å²) in [6.07, 6.45) is 0.557. The second-order valence-corrected chi connectivity index (χ2v) is 22.4. The van der Waals surface area contributed by atoms with Crippen molar-refractivity contribution in [2.75, 3.05) is 25.7 Å². The van der Waals surface area contributed by atoms with E-state index in [1.54, 1.807) is 43.3 Å². The van der Waals surface area contributed by atoms with Crippen molar-refractivity contribution in [2.45, 2.75) is 35.0 Å². The van der Waals surface area contributed by atoms with E-state index in [-0.39, 0.29) is 79.1 Å². The number of phenolic OH excluding ortho intramolecular Hbond substituents is 1. The molecule has 0 aliphatic rings. The Labute approximate surface area is 446 Å². The number of thiazole rings is 1. The van der Waals surface area contributed by atoms with Crippen LogP contribution in [0.3, 0.4) is 0 Å². The molecule has 29 nitrogen and oxygen atoms in total. The Balaban J connectivity index is 0.00000165. The Bertz CT molecular complexity index is 4090. The van der Waals surface area contributed by atoms with Crippen LogP contribution in [0.25, 0.3) is 37.7 Å². The molecule has 0 atom stereocenters. The lowest BCUT2D eigenvalue weighted by Gasteiger charge is -2.13. The molecule has 3 heterocycles. The van der Waals surface area contributed by atoms with Gasteiger partial charge in [0.1, 0.15) is 45.1 Å². The van der Waals surface area contributed by atoms with Crippen molar-refractivity contribution in [3.8, 4) is 29.2 Å². The van der Waals surface area contributed by atoms with Crippen LogP contribution in [0.2, 0.25) is 0 Å². The number of hydrogen-bond donors (Lipinski definition) is 7. The summed E-state index contributed by atoms with van der Waals surface area (Å²) in [5, 5.41) is 83.8. The van der Waals surface area contributed by atoms with E-state index < -0.39 is 58.3 Å². The lowest BCUT2D eigenvalue weighted by molar-refractivity contribution is -0.432. The first-order valence-corrected chi connectivity index (χ1v) is 28.1. The largest absolute Gasteiger partial charge is 0.505 e. The number of nitrogens with zero attached hydrogens (tertiary/aromatic N) is 10. The van der Waals surface area contributed by atoms with Crippen LogP contribution in [-0.4, -0.2) is 99.7 Å². The Morgan fingerprint density at radius 3 is 2.09 bits per heavy atom. The molecule has 0 radical (unpaired) electrons. The van der Waals surface area contributed by atoms with Crippen molar-refractivity contribution in [3.05, 3.63) is 83.4 Å². The number of imidazole rings is 1. The zero-order valence-corrected chi connectivity index (χ0v) is 44.3. The fourth-order valence-corrected chi connectivity index (χ4v) is 9.92. The molecule has 3 aromatic heterocycles. The molecule has 8 rings (SSSR count). The number of rotatable bonds is 19. The second-order valence-electron chi connectivity index (χ2n) is 15.5. The zero-order chi connectivity index (χ0) is 56.0. The van der Waals surface area contributed by atoms with Crippen molar-refractivity contribution in [1.82, 2.24) is 14.4 Å². The number of ether oxygens (including phenoxy) is 2. The normalized spacial score (nSPS) is 12.4. The minimum absolute atomic E-state index is 0.00923. The average molecular weight is 1180 g/mol. The van der Waals surface area contributed by atoms with Crippen LogP contribution >= 0.6 is 35.4 Å². The smallest absolute Gasteiger partial charge is 0.296 e. The van der Waals surface area contributed by atoms with Crippen LogP contribution in [-0.2, 0) is 49.1 Å². The molecule has 0 amide bonds. The maximum absolute atomic E-state index is 12.8. The van der Waals surface area contributed by atoms with Gasteiger partial charge in [-0.15, -0.1) is 39.4 Å². The average Bonchev–Trinajstić information content (AvgIpc) is 4.02. The number of azo groups is 3. The third-order valence-electron chi connectivity index (χ3n) is 10.3. The molecule has 0 saturated heterocycles. The van der Waals surface area contributed by atoms with Gasteiger partial charge in [-0.3, -0.25) is 18.1 Å². The monoisotopic (exact) mass is 1180 g/mol. The fourth-order valence-electron chi connectivity index (χ4n) is 7.02. The standard InChI is InChI=1S/C41H32N10O16S5.CH4O3S/c1-19-11-26(30(63-9-6-10-71(56,57)58)15-25(19)45-50-41-44-27-16-33(69-66-64-54)31(62-3)17-32(27)68-41)46-49-37-34(70-67-65-55)12-21-13-35(72(59,60)61)28(14-22(21)38(37)52)47-48-36-20(2)23(18-42)39-43-24-7-4-5-8-29(24)51(39)40(36)53;1-5(2,3)4/h4-5,7-8,11-17,52-55H,6,9-10H2,1-3H3,(H,56,57,58)(H,59,60,61);1H3,(H,2,3,4). The SMILES string of the molecule is COc1cc2sc(N=Nc3cc(OCCCS(=O)(=O)O)c(N=Nc4c(SOOO)cc5cc(S(=O)(=O)O)c(N=Nc6c(C)c(C#N)c7nc8ccccc8n7c6O)cc5c4O)cc3C)nc2cc1SOOO.CS(=O)(=O)O. The predicted octanol–water partition coefficient (Wildman–Crippen LogP) is 10.7. The Morgan fingerprint density at radius 2 is 1.43 bits per heavy atom. The molecule has 8 aromatic rings. The summed E-state index contributed by atoms with van der Waals surface area (Å²) >= 11 is 2.16. The minimum Gasteiger partial charge on any atom is -0.505 e. The predicted molar refractivity (Wildman–Crippen MR) is 274 cm³/mol. The Morgan fingerprint density at radius 1 is 0.766 bits per heavy atom. The van der Waals surface area contributed by atoms with Crippen LogP contribution in [0, 0.1) is 25.2 Å². The number of pyridine rings is 1. The summed E-state index contributed by atoms with van der Waals surface area (Å²) < 4.78 is 116. The maximum atomic E-state index is 12.8. The van der Waals surface area contributed by atoms with Gasteiger partial charge in [0.05, 0.1) is 86.5 Å². The number of para-hydroxylation sites is 2. The third-order valence-corrected chi connectivity index (χ3v) is 14.1. The summed E-state index contributed by atoms with van der Waals surface area (Å²) in [4.78, 5) is 8.43. The summed E-state index contributed by atoms with van der Waals surface area (Å²) in [5.41, 5.74) is 1.19. The Hall–Kier alpha value is -7.12. The van der Waals surface area contributed by atoms with E-state index in [1.807, 2.05) is 6.07 Å². The molecule has 0 fully saturated rings. The van der Waals surface area contributed by atoms with Crippen molar-refractivity contribution in [1.29, 1.82) is 5.26 Å². The number of fused-ring (bicyclic) bond motifs is 5. The molecule has 0 aliphatic heterocycles. The number of hydrogen-bond acceptors (Lipinski definition) is 28. The molecule has 0 unspecified atom stereocenters. The van der Waals surface area contributed by atoms with Crippen LogP contribution in [0.4, 0.5) is 33.6 Å². The summed E-state index contributed by atoms with van der Waals surface area (Å²) in [7, 11) is -11.7. The van der Waals surface area contributed by atoms with Crippen LogP contribution < -0.4 is 9.47 Å². The number of aromatic hydroxyl groups is 2. The van der Waals surface area contributed by atoms with E-state index >= 15 is 0 Å². The quantitative estimate of drug-likeness (QED) is 0.00987. The molecule has 5 aromatic carbocycles. The molecule has 35 heteroatoms. The lowest BCUT2D eigenvalue weighted by Crippen LogP contribution is -2.08. The number of phenols is 1. The highest BCUT2D eigenvalue weighted by Gasteiger charge is 2.25. The molecular weight excluding hydrogens is 1140 g/mol. The molecule has 77 heavy (non-hydrogen) atoms. The lowest BCUT2D eigenvalue weighted by atomic mass is 10.1. The van der Waals surface area contributed by atoms with Gasteiger partial charge in [0.25, 0.3) is 30.4 Å². The number of methoxy groups -OCH3 is 1. The molecule has 0 spiro atoms. The first kappa shape index (κ1) is 57.6. The van der Waals surface area contributed by atoms with E-state index in [0.29, 0.717) is 67.8 Å². The van der Waals surface area contributed by atoms with Crippen LogP contribution in [0.1, 0.15) is 23.1 Å². The topological polar surface area (TPSA) is 428 Å². The Kier molecular flexibility index (Phi) is 18.0. The van der Waals surface area contributed by atoms with E-state index in [9.17, 15) is 49.8 Å². The van der Waals surface area contributed by atoms with Gasteiger partial charge in [-0.05, 0) is 73.7 Å². The third kappa shape index (κ3) is 13.9. The summed E-state index contributed by atoms with van der Waals surface area (Å²) in [6.45, 7) is 2.86. The molecule has 404 valence electrons. The number of aryl methyl sites for hydroxylation is 1. The molecule has 7 N–H and O–H groups in total. The van der Waals surface area contributed by atoms with Gasteiger partial charge in [0.2, 0.25) is 11.0 Å². The first-order valence-electron chi connectivity index (χ1n) is 20.9. The van der Waals surface area contributed by atoms with Gasteiger partial charge < -0.3 is 19.7 Å². The van der Waals surface area contributed by atoms with Gasteiger partial charge in [-0.25, -0.2) is 20.5 Å². The zero-order valence-electron chi connectivity index (χ0n) is 39.4. The highest BCUT2D eigenvalue weighted by molar-refractivity contribution is 7.95. The molecular formula is C42H36N10O19S6. The number of benzene rings is 5. The fraction of sp³-hybridized carbons (Fsp3) is 0.167. The van der Waals surface area contributed by atoms with E-state index in [2.05, 4.69) is 59.4 Å². The summed E-state index contributed by atoms with van der Waals surface area (Å²) in [6, 6.07) is 18.2. The number of nitriles is 1. The highest BCUT2D eigenvalue weighted by atomic mass is 32.2. The van der Waals surface area contributed by atoms with Crippen LogP contribution in [0.15, 0.2) is 112 Å². The van der Waals surface area contributed by atoms with Gasteiger partial charge in [-0.1, -0.05) is 33.5 Å². The highest BCUT2D eigenvalue weighted by Crippen LogP contribution is 2.48. The van der Waals surface area contributed by atoms with Crippen molar-refractivity contribution < 1.29 is 87.9 Å². The molecule has 0 aliphatic carbocycles. The summed E-state index contributed by atoms with van der Waals surface area (Å²) in [5.74, 6) is -1.44. The van der Waals surface area contributed by atoms with Crippen molar-refractivity contribution in [3.63, 3.8) is 0 Å². The molecule has 0 saturated carbocycles. The van der Waals surface area contributed by atoms with Crippen LogP contribution in [0.5, 0.6) is 23.1 Å². The number of aromatic nitrogens is 3. The first-order chi connectivity index (χ1) is 36.4. The van der Waals surface area contributed by atoms with E-state index in [4.69, 9.17) is 24.5 Å². The molecule has 0 bridgehead atoms. The minimum atomic E-state index is -5.09.